The van der Waals surface area contributed by atoms with E-state index in [1.165, 1.54) is 6.20 Å². The fourth-order valence-electron chi connectivity index (χ4n) is 1.24. The van der Waals surface area contributed by atoms with Gasteiger partial charge in [0, 0.05) is 37.2 Å². The first-order valence-corrected chi connectivity index (χ1v) is 6.61. The number of aromatic carboxylic acids is 1. The number of carboxylic acids is 1. The van der Waals surface area contributed by atoms with E-state index in [0.29, 0.717) is 19.8 Å². The van der Waals surface area contributed by atoms with Crippen LogP contribution >= 0.6 is 11.8 Å². The summed E-state index contributed by atoms with van der Waals surface area (Å²) in [6.07, 6.45) is 2.39. The van der Waals surface area contributed by atoms with Crippen molar-refractivity contribution < 1.29 is 19.4 Å². The molecule has 0 saturated carbocycles. The summed E-state index contributed by atoms with van der Waals surface area (Å²) in [6, 6.07) is 3.36. The van der Waals surface area contributed by atoms with Gasteiger partial charge >= 0.3 is 5.97 Å². The Morgan fingerprint density at radius 2 is 2.28 bits per heavy atom. The fraction of sp³-hybridized carbons (Fsp3) is 0.500. The molecular weight excluding hydrogens is 254 g/mol. The van der Waals surface area contributed by atoms with Crippen LogP contribution in [-0.2, 0) is 9.47 Å². The van der Waals surface area contributed by atoms with Gasteiger partial charge in [0.05, 0.1) is 6.61 Å². The monoisotopic (exact) mass is 271 g/mol. The van der Waals surface area contributed by atoms with Gasteiger partial charge in [-0.25, -0.2) is 9.78 Å². The molecular formula is C12H17NO4S. The van der Waals surface area contributed by atoms with Crippen LogP contribution in [0.25, 0.3) is 0 Å². The zero-order chi connectivity index (χ0) is 13.2. The summed E-state index contributed by atoms with van der Waals surface area (Å²) in [5.74, 6) is -0.218. The van der Waals surface area contributed by atoms with Gasteiger partial charge in [0.1, 0.15) is 5.69 Å². The van der Waals surface area contributed by atoms with Crippen LogP contribution in [0.2, 0.25) is 0 Å². The van der Waals surface area contributed by atoms with E-state index in [9.17, 15) is 4.79 Å². The van der Waals surface area contributed by atoms with E-state index in [1.54, 1.807) is 31.0 Å². The predicted octanol–water partition coefficient (Wildman–Crippen LogP) is 1.93. The van der Waals surface area contributed by atoms with E-state index < -0.39 is 5.97 Å². The molecule has 0 aliphatic carbocycles. The highest BCUT2D eigenvalue weighted by Gasteiger charge is 2.04. The summed E-state index contributed by atoms with van der Waals surface area (Å²) in [7, 11) is 1.67. The molecule has 0 aliphatic rings. The third kappa shape index (κ3) is 6.00. The van der Waals surface area contributed by atoms with Gasteiger partial charge < -0.3 is 14.6 Å². The SMILES string of the molecule is COCCCOCCSc1ccnc(C(=O)O)c1. The summed E-state index contributed by atoms with van der Waals surface area (Å²) >= 11 is 1.56. The Labute approximate surface area is 111 Å². The molecule has 1 N–H and O–H groups in total. The first kappa shape index (κ1) is 14.9. The van der Waals surface area contributed by atoms with Crippen molar-refractivity contribution in [2.75, 3.05) is 32.7 Å². The first-order chi connectivity index (χ1) is 8.74. The molecule has 0 unspecified atom stereocenters. The lowest BCUT2D eigenvalue weighted by Crippen LogP contribution is -2.02. The highest BCUT2D eigenvalue weighted by molar-refractivity contribution is 7.99. The summed E-state index contributed by atoms with van der Waals surface area (Å²) in [6.45, 7) is 2.03. The van der Waals surface area contributed by atoms with Crippen LogP contribution in [0, 0.1) is 0 Å². The van der Waals surface area contributed by atoms with Gasteiger partial charge in [-0.05, 0) is 18.6 Å². The molecule has 0 spiro atoms. The number of thioether (sulfide) groups is 1. The molecule has 0 amide bonds. The lowest BCUT2D eigenvalue weighted by atomic mass is 10.3. The topological polar surface area (TPSA) is 68.7 Å². The van der Waals surface area contributed by atoms with Crippen LogP contribution in [0.5, 0.6) is 0 Å². The standard InChI is InChI=1S/C12H17NO4S/c1-16-5-2-6-17-7-8-18-10-3-4-13-11(9-10)12(14)15/h3-4,9H,2,5-8H2,1H3,(H,14,15). The molecule has 0 saturated heterocycles. The first-order valence-electron chi connectivity index (χ1n) is 5.63. The van der Waals surface area contributed by atoms with Crippen molar-refractivity contribution in [2.45, 2.75) is 11.3 Å². The van der Waals surface area contributed by atoms with Crippen molar-refractivity contribution in [3.63, 3.8) is 0 Å². The molecule has 0 bridgehead atoms. The second-order valence-corrected chi connectivity index (χ2v) is 4.66. The molecule has 0 radical (unpaired) electrons. The minimum absolute atomic E-state index is 0.0704. The number of hydrogen-bond acceptors (Lipinski definition) is 5. The highest BCUT2D eigenvalue weighted by atomic mass is 32.2. The molecule has 0 atom stereocenters. The van der Waals surface area contributed by atoms with Gasteiger partial charge in [-0.15, -0.1) is 11.8 Å². The van der Waals surface area contributed by atoms with E-state index >= 15 is 0 Å². The normalized spacial score (nSPS) is 10.5. The van der Waals surface area contributed by atoms with Crippen molar-refractivity contribution in [1.82, 2.24) is 4.98 Å². The molecule has 100 valence electrons. The van der Waals surface area contributed by atoms with Gasteiger partial charge in [-0.2, -0.15) is 0 Å². The molecule has 1 heterocycles. The fourth-order valence-corrected chi connectivity index (χ4v) is 2.03. The Morgan fingerprint density at radius 3 is 3.00 bits per heavy atom. The van der Waals surface area contributed by atoms with E-state index in [1.807, 2.05) is 0 Å². The van der Waals surface area contributed by atoms with Gasteiger partial charge in [-0.3, -0.25) is 0 Å². The van der Waals surface area contributed by atoms with Crippen LogP contribution in [0.3, 0.4) is 0 Å². The number of hydrogen-bond donors (Lipinski definition) is 1. The minimum atomic E-state index is -1.01. The van der Waals surface area contributed by atoms with Gasteiger partial charge in [0.2, 0.25) is 0 Å². The average Bonchev–Trinajstić information content (AvgIpc) is 2.38. The lowest BCUT2D eigenvalue weighted by Gasteiger charge is -2.04. The Morgan fingerprint density at radius 1 is 1.44 bits per heavy atom. The third-order valence-electron chi connectivity index (χ3n) is 2.08. The molecule has 6 heteroatoms. The molecule has 1 aromatic heterocycles. The highest BCUT2D eigenvalue weighted by Crippen LogP contribution is 2.17. The second kappa shape index (κ2) is 8.91. The molecule has 1 rings (SSSR count). The number of carbonyl (C=O) groups is 1. The molecule has 0 fully saturated rings. The van der Waals surface area contributed by atoms with E-state index in [2.05, 4.69) is 4.98 Å². The molecule has 0 aliphatic heterocycles. The maximum atomic E-state index is 10.7. The summed E-state index contributed by atoms with van der Waals surface area (Å²) in [5.41, 5.74) is 0.0704. The summed E-state index contributed by atoms with van der Waals surface area (Å²) in [5, 5.41) is 8.79. The number of rotatable bonds is 9. The van der Waals surface area contributed by atoms with Crippen LogP contribution < -0.4 is 0 Å². The Hall–Kier alpha value is -1.11. The number of nitrogens with zero attached hydrogens (tertiary/aromatic N) is 1. The average molecular weight is 271 g/mol. The van der Waals surface area contributed by atoms with Crippen molar-refractivity contribution in [1.29, 1.82) is 0 Å². The quantitative estimate of drug-likeness (QED) is 0.546. The van der Waals surface area contributed by atoms with Crippen LogP contribution in [0.1, 0.15) is 16.9 Å². The molecule has 1 aromatic rings. The van der Waals surface area contributed by atoms with Crippen LogP contribution in [-0.4, -0.2) is 48.7 Å². The maximum absolute atomic E-state index is 10.7. The number of carboxylic acid groups (broad SMARTS) is 1. The minimum Gasteiger partial charge on any atom is -0.477 e. The molecule has 18 heavy (non-hydrogen) atoms. The Kier molecular flexibility index (Phi) is 7.40. The number of methoxy groups -OCH3 is 1. The lowest BCUT2D eigenvalue weighted by molar-refractivity contribution is 0.0690. The van der Waals surface area contributed by atoms with Crippen molar-refractivity contribution in [2.24, 2.45) is 0 Å². The predicted molar refractivity (Wildman–Crippen MR) is 69.2 cm³/mol. The number of aromatic nitrogens is 1. The molecule has 0 aromatic carbocycles. The zero-order valence-corrected chi connectivity index (χ0v) is 11.1. The smallest absolute Gasteiger partial charge is 0.354 e. The van der Waals surface area contributed by atoms with Crippen LogP contribution in [0.15, 0.2) is 23.2 Å². The second-order valence-electron chi connectivity index (χ2n) is 3.49. The van der Waals surface area contributed by atoms with Gasteiger partial charge in [0.25, 0.3) is 0 Å². The summed E-state index contributed by atoms with van der Waals surface area (Å²) in [4.78, 5) is 15.4. The molecule has 5 nitrogen and oxygen atoms in total. The third-order valence-corrected chi connectivity index (χ3v) is 3.04. The van der Waals surface area contributed by atoms with Crippen molar-refractivity contribution in [3.05, 3.63) is 24.0 Å². The Balaban J connectivity index is 2.19. The van der Waals surface area contributed by atoms with Gasteiger partial charge in [0.15, 0.2) is 0 Å². The van der Waals surface area contributed by atoms with E-state index in [0.717, 1.165) is 17.1 Å². The Bertz CT molecular complexity index is 373. The zero-order valence-electron chi connectivity index (χ0n) is 10.3. The summed E-state index contributed by atoms with van der Waals surface area (Å²) < 4.78 is 10.3. The maximum Gasteiger partial charge on any atom is 0.354 e. The van der Waals surface area contributed by atoms with Crippen LogP contribution in [0.4, 0.5) is 0 Å². The number of ether oxygens (including phenoxy) is 2. The van der Waals surface area contributed by atoms with Crippen molar-refractivity contribution >= 4 is 17.7 Å². The van der Waals surface area contributed by atoms with E-state index in [4.69, 9.17) is 14.6 Å². The van der Waals surface area contributed by atoms with Crippen molar-refractivity contribution in [3.8, 4) is 0 Å². The van der Waals surface area contributed by atoms with E-state index in [-0.39, 0.29) is 5.69 Å². The largest absolute Gasteiger partial charge is 0.477 e. The number of pyridine rings is 1. The van der Waals surface area contributed by atoms with Gasteiger partial charge in [-0.1, -0.05) is 0 Å².